The van der Waals surface area contributed by atoms with E-state index in [1.165, 1.54) is 0 Å². The monoisotopic (exact) mass is 334 g/mol. The summed E-state index contributed by atoms with van der Waals surface area (Å²) in [5, 5.41) is 15.3. The molecule has 0 radical (unpaired) electrons. The standard InChI is InChI=1S/C18H30N4O2/c1-3-22(4-2)17-10-9-14(11-19-17)12-20-18(24)21-16-8-6-5-7-15(16)13-23/h9-11,15-16,23H,3-8,12-13H2,1-2H3,(H2,20,21,24). The summed E-state index contributed by atoms with van der Waals surface area (Å²) in [6.07, 6.45) is 5.98. The van der Waals surface area contributed by atoms with Gasteiger partial charge in [0.15, 0.2) is 0 Å². The molecule has 24 heavy (non-hydrogen) atoms. The number of carbonyl (C=O) groups excluding carboxylic acids is 1. The number of rotatable bonds is 7. The number of hydrogen-bond acceptors (Lipinski definition) is 4. The largest absolute Gasteiger partial charge is 0.396 e. The van der Waals surface area contributed by atoms with Crippen molar-refractivity contribution in [3.05, 3.63) is 23.9 Å². The first-order valence-corrected chi connectivity index (χ1v) is 9.03. The minimum absolute atomic E-state index is 0.0758. The third-order valence-corrected chi connectivity index (χ3v) is 4.81. The normalized spacial score (nSPS) is 20.5. The number of aliphatic hydroxyl groups is 1. The Kier molecular flexibility index (Phi) is 7.31. The molecule has 1 fully saturated rings. The molecule has 1 aromatic rings. The SMILES string of the molecule is CCN(CC)c1ccc(CNC(=O)NC2CCCCC2CO)cn1. The van der Waals surface area contributed by atoms with Gasteiger partial charge >= 0.3 is 6.03 Å². The minimum Gasteiger partial charge on any atom is -0.396 e. The van der Waals surface area contributed by atoms with E-state index >= 15 is 0 Å². The van der Waals surface area contributed by atoms with E-state index in [2.05, 4.69) is 34.4 Å². The molecule has 2 unspecified atom stereocenters. The van der Waals surface area contributed by atoms with E-state index in [-0.39, 0.29) is 24.6 Å². The molecule has 2 atom stereocenters. The van der Waals surface area contributed by atoms with Crippen LogP contribution in [0.3, 0.4) is 0 Å². The molecular weight excluding hydrogens is 304 g/mol. The molecule has 2 rings (SSSR count). The Balaban J connectivity index is 1.81. The molecule has 1 saturated carbocycles. The lowest BCUT2D eigenvalue weighted by molar-refractivity contribution is 0.153. The van der Waals surface area contributed by atoms with Gasteiger partial charge in [-0.25, -0.2) is 9.78 Å². The van der Waals surface area contributed by atoms with Crippen LogP contribution in [0.2, 0.25) is 0 Å². The highest BCUT2D eigenvalue weighted by Gasteiger charge is 2.25. The van der Waals surface area contributed by atoms with Crippen LogP contribution in [0.4, 0.5) is 10.6 Å². The van der Waals surface area contributed by atoms with Crippen molar-refractivity contribution in [2.24, 2.45) is 5.92 Å². The Morgan fingerprint density at radius 2 is 2.04 bits per heavy atom. The molecule has 134 valence electrons. The second-order valence-corrected chi connectivity index (χ2v) is 6.36. The van der Waals surface area contributed by atoms with E-state index < -0.39 is 0 Å². The number of amides is 2. The van der Waals surface area contributed by atoms with Crippen LogP contribution in [-0.4, -0.2) is 41.9 Å². The molecule has 6 nitrogen and oxygen atoms in total. The Morgan fingerprint density at radius 1 is 1.29 bits per heavy atom. The summed E-state index contributed by atoms with van der Waals surface area (Å²) in [6.45, 7) is 6.66. The number of nitrogens with one attached hydrogen (secondary N) is 2. The van der Waals surface area contributed by atoms with Crippen molar-refractivity contribution in [2.45, 2.75) is 52.1 Å². The Morgan fingerprint density at radius 3 is 2.67 bits per heavy atom. The van der Waals surface area contributed by atoms with Gasteiger partial charge in [0.25, 0.3) is 0 Å². The lowest BCUT2D eigenvalue weighted by Gasteiger charge is -2.30. The quantitative estimate of drug-likeness (QED) is 0.715. The fourth-order valence-corrected chi connectivity index (χ4v) is 3.27. The van der Waals surface area contributed by atoms with Gasteiger partial charge in [0.1, 0.15) is 5.82 Å². The topological polar surface area (TPSA) is 77.5 Å². The number of nitrogens with zero attached hydrogens (tertiary/aromatic N) is 2. The molecule has 2 amide bonds. The van der Waals surface area contributed by atoms with E-state index in [4.69, 9.17) is 0 Å². The summed E-state index contributed by atoms with van der Waals surface area (Å²) in [5.74, 6) is 1.14. The number of aromatic nitrogens is 1. The fraction of sp³-hybridized carbons (Fsp3) is 0.667. The van der Waals surface area contributed by atoms with Crippen molar-refractivity contribution in [2.75, 3.05) is 24.6 Å². The van der Waals surface area contributed by atoms with E-state index in [0.717, 1.165) is 50.2 Å². The lowest BCUT2D eigenvalue weighted by atomic mass is 9.85. The van der Waals surface area contributed by atoms with E-state index in [1.807, 2.05) is 18.3 Å². The number of hydrogen-bond donors (Lipinski definition) is 3. The van der Waals surface area contributed by atoms with E-state index in [1.54, 1.807) is 0 Å². The maximum absolute atomic E-state index is 12.1. The highest BCUT2D eigenvalue weighted by atomic mass is 16.3. The number of pyridine rings is 1. The van der Waals surface area contributed by atoms with E-state index in [9.17, 15) is 9.90 Å². The molecule has 0 bridgehead atoms. The zero-order valence-corrected chi connectivity index (χ0v) is 14.8. The number of urea groups is 1. The number of anilines is 1. The zero-order chi connectivity index (χ0) is 17.4. The molecule has 6 heteroatoms. The second-order valence-electron chi connectivity index (χ2n) is 6.36. The maximum atomic E-state index is 12.1. The predicted octanol–water partition coefficient (Wildman–Crippen LogP) is 2.28. The van der Waals surface area contributed by atoms with Crippen LogP contribution >= 0.6 is 0 Å². The Hall–Kier alpha value is -1.82. The average Bonchev–Trinajstić information content (AvgIpc) is 2.62. The molecule has 1 aliphatic rings. The van der Waals surface area contributed by atoms with Crippen molar-refractivity contribution in [3.8, 4) is 0 Å². The highest BCUT2D eigenvalue weighted by molar-refractivity contribution is 5.74. The average molecular weight is 334 g/mol. The van der Waals surface area contributed by atoms with Crippen molar-refractivity contribution in [1.29, 1.82) is 0 Å². The molecule has 0 saturated heterocycles. The van der Waals surface area contributed by atoms with Gasteiger partial charge in [-0.2, -0.15) is 0 Å². The number of carbonyl (C=O) groups is 1. The first-order chi connectivity index (χ1) is 11.7. The third-order valence-electron chi connectivity index (χ3n) is 4.81. The third kappa shape index (κ3) is 5.09. The summed E-state index contributed by atoms with van der Waals surface area (Å²) in [6, 6.07) is 3.89. The second kappa shape index (κ2) is 9.47. The maximum Gasteiger partial charge on any atom is 0.315 e. The molecule has 1 aliphatic carbocycles. The van der Waals surface area contributed by atoms with Crippen LogP contribution in [0.5, 0.6) is 0 Å². The number of aliphatic hydroxyl groups excluding tert-OH is 1. The highest BCUT2D eigenvalue weighted by Crippen LogP contribution is 2.23. The van der Waals surface area contributed by atoms with Gasteiger partial charge in [0.2, 0.25) is 0 Å². The summed E-state index contributed by atoms with van der Waals surface area (Å²) in [4.78, 5) is 18.7. The first kappa shape index (κ1) is 18.5. The molecular formula is C18H30N4O2. The summed E-state index contributed by atoms with van der Waals surface area (Å²) < 4.78 is 0. The van der Waals surface area contributed by atoms with Gasteiger partial charge < -0.3 is 20.6 Å². The van der Waals surface area contributed by atoms with Crippen LogP contribution < -0.4 is 15.5 Å². The van der Waals surface area contributed by atoms with Gasteiger partial charge in [0.05, 0.1) is 0 Å². The molecule has 1 aromatic heterocycles. The minimum atomic E-state index is -0.173. The predicted molar refractivity (Wildman–Crippen MR) is 96.0 cm³/mol. The van der Waals surface area contributed by atoms with Crippen LogP contribution in [0.1, 0.15) is 45.1 Å². The van der Waals surface area contributed by atoms with Crippen molar-refractivity contribution in [1.82, 2.24) is 15.6 Å². The smallest absolute Gasteiger partial charge is 0.315 e. The van der Waals surface area contributed by atoms with Gasteiger partial charge in [-0.05, 0) is 38.3 Å². The summed E-state index contributed by atoms with van der Waals surface area (Å²) >= 11 is 0. The molecule has 0 aliphatic heterocycles. The van der Waals surface area contributed by atoms with Gasteiger partial charge in [-0.1, -0.05) is 18.9 Å². The Labute approximate surface area is 144 Å². The molecule has 1 heterocycles. The van der Waals surface area contributed by atoms with E-state index in [0.29, 0.717) is 6.54 Å². The molecule has 0 spiro atoms. The summed E-state index contributed by atoms with van der Waals surface area (Å²) in [5.41, 5.74) is 0.975. The fourth-order valence-electron chi connectivity index (χ4n) is 3.27. The zero-order valence-electron chi connectivity index (χ0n) is 14.8. The van der Waals surface area contributed by atoms with Crippen molar-refractivity contribution >= 4 is 11.8 Å². The lowest BCUT2D eigenvalue weighted by Crippen LogP contribution is -2.47. The van der Waals surface area contributed by atoms with Crippen LogP contribution in [0.15, 0.2) is 18.3 Å². The van der Waals surface area contributed by atoms with Crippen LogP contribution in [0.25, 0.3) is 0 Å². The van der Waals surface area contributed by atoms with Gasteiger partial charge in [0, 0.05) is 44.4 Å². The van der Waals surface area contributed by atoms with Gasteiger partial charge in [-0.15, -0.1) is 0 Å². The van der Waals surface area contributed by atoms with Crippen LogP contribution in [-0.2, 0) is 6.54 Å². The van der Waals surface area contributed by atoms with Crippen molar-refractivity contribution in [3.63, 3.8) is 0 Å². The van der Waals surface area contributed by atoms with Gasteiger partial charge in [-0.3, -0.25) is 0 Å². The molecule has 3 N–H and O–H groups in total. The summed E-state index contributed by atoms with van der Waals surface area (Å²) in [7, 11) is 0. The molecule has 0 aromatic carbocycles. The first-order valence-electron chi connectivity index (χ1n) is 9.03. The Bertz CT molecular complexity index is 502. The van der Waals surface area contributed by atoms with Crippen molar-refractivity contribution < 1.29 is 9.90 Å². The van der Waals surface area contributed by atoms with Crippen LogP contribution in [0, 0.1) is 5.92 Å².